The predicted molar refractivity (Wildman–Crippen MR) is 129 cm³/mol. The molecular weight excluding hydrogens is 447 g/mol. The van der Waals surface area contributed by atoms with Crippen molar-refractivity contribution in [3.63, 3.8) is 0 Å². The summed E-state index contributed by atoms with van der Waals surface area (Å²) in [5.74, 6) is -1.77. The number of Topliss-reactive ketones (excluding diaryl/α,β-unsaturated/α-hetero) is 1. The molecule has 0 spiro atoms. The number of halogens is 1. The Kier molecular flexibility index (Phi) is 5.74. The Hall–Kier alpha value is -2.15. The Morgan fingerprint density at radius 1 is 1.20 bits per heavy atom. The molecule has 3 saturated carbocycles. The third kappa shape index (κ3) is 3.22. The Morgan fingerprint density at radius 2 is 1.91 bits per heavy atom. The predicted octanol–water partition coefficient (Wildman–Crippen LogP) is 4.12. The van der Waals surface area contributed by atoms with Gasteiger partial charge < -0.3 is 14.9 Å². The lowest BCUT2D eigenvalue weighted by Gasteiger charge is -2.62. The van der Waals surface area contributed by atoms with E-state index >= 15 is 4.39 Å². The van der Waals surface area contributed by atoms with E-state index in [0.717, 1.165) is 11.1 Å². The first kappa shape index (κ1) is 24.5. The van der Waals surface area contributed by atoms with E-state index in [1.165, 1.54) is 12.2 Å². The van der Waals surface area contributed by atoms with E-state index < -0.39 is 45.8 Å². The third-order valence-corrected chi connectivity index (χ3v) is 9.99. The molecule has 0 radical (unpaired) electrons. The van der Waals surface area contributed by atoms with Crippen molar-refractivity contribution in [3.05, 3.63) is 59.7 Å². The molecule has 0 unspecified atom stereocenters. The number of rotatable bonds is 5. The second kappa shape index (κ2) is 8.19. The van der Waals surface area contributed by atoms with Crippen molar-refractivity contribution in [2.45, 2.75) is 70.4 Å². The molecule has 0 aliphatic heterocycles. The normalized spacial score (nSPS) is 44.3. The van der Waals surface area contributed by atoms with Crippen LogP contribution in [-0.2, 0) is 20.9 Å². The van der Waals surface area contributed by atoms with Crippen LogP contribution in [0.1, 0.15) is 52.0 Å². The first-order valence-corrected chi connectivity index (χ1v) is 12.7. The van der Waals surface area contributed by atoms with Gasteiger partial charge in [0.25, 0.3) is 0 Å². The van der Waals surface area contributed by atoms with E-state index in [4.69, 9.17) is 4.74 Å². The van der Waals surface area contributed by atoms with E-state index in [-0.39, 0.29) is 31.3 Å². The lowest BCUT2D eigenvalue weighted by molar-refractivity contribution is -0.220. The Bertz CT molecular complexity index is 1100. The largest absolute Gasteiger partial charge is 0.390 e. The van der Waals surface area contributed by atoms with E-state index in [2.05, 4.69) is 0 Å². The molecule has 35 heavy (non-hydrogen) atoms. The number of alkyl halides is 1. The van der Waals surface area contributed by atoms with Crippen molar-refractivity contribution >= 4 is 11.6 Å². The molecule has 4 aliphatic carbocycles. The Balaban J connectivity index is 1.43. The molecule has 188 valence electrons. The highest BCUT2D eigenvalue weighted by molar-refractivity contribution is 6.01. The van der Waals surface area contributed by atoms with Gasteiger partial charge in [-0.1, -0.05) is 55.8 Å². The van der Waals surface area contributed by atoms with Gasteiger partial charge in [0.2, 0.25) is 0 Å². The van der Waals surface area contributed by atoms with Gasteiger partial charge in [0.05, 0.1) is 12.7 Å². The molecule has 4 aliphatic rings. The number of aliphatic hydroxyl groups excluding tert-OH is 1. The number of aliphatic hydroxyl groups is 2. The van der Waals surface area contributed by atoms with Gasteiger partial charge in [0.15, 0.2) is 17.2 Å². The fourth-order valence-corrected chi connectivity index (χ4v) is 8.09. The lowest BCUT2D eigenvalue weighted by atomic mass is 9.44. The van der Waals surface area contributed by atoms with Gasteiger partial charge in [-0.25, -0.2) is 4.39 Å². The summed E-state index contributed by atoms with van der Waals surface area (Å²) in [4.78, 5) is 25.5. The number of ketones is 2. The van der Waals surface area contributed by atoms with Gasteiger partial charge in [-0.2, -0.15) is 0 Å². The monoisotopic (exact) mass is 482 g/mol. The van der Waals surface area contributed by atoms with Crippen LogP contribution in [0.5, 0.6) is 0 Å². The van der Waals surface area contributed by atoms with Gasteiger partial charge in [-0.05, 0) is 62.2 Å². The topological polar surface area (TPSA) is 83.8 Å². The highest BCUT2D eigenvalue weighted by Crippen LogP contribution is 2.70. The summed E-state index contributed by atoms with van der Waals surface area (Å²) >= 11 is 0. The SMILES string of the molecule is C[C@@H]1C[C@H]2[C@@H]3CCC4=CC(=O)C=C[C@]4(C)[C@@]3(F)[C@@H](O)C[C@]2(C)[C@@]1(O)C(=O)COCc1ccccc1. The molecule has 5 nitrogen and oxygen atoms in total. The smallest absolute Gasteiger partial charge is 0.190 e. The summed E-state index contributed by atoms with van der Waals surface area (Å²) in [6.45, 7) is 5.48. The van der Waals surface area contributed by atoms with Crippen molar-refractivity contribution in [3.8, 4) is 0 Å². The summed E-state index contributed by atoms with van der Waals surface area (Å²) in [5.41, 5.74) is -4.10. The van der Waals surface area contributed by atoms with Gasteiger partial charge in [-0.15, -0.1) is 0 Å². The number of allylic oxidation sites excluding steroid dienone is 4. The molecule has 0 heterocycles. The van der Waals surface area contributed by atoms with Gasteiger partial charge in [0, 0.05) is 16.7 Å². The second-order valence-electron chi connectivity index (χ2n) is 11.6. The quantitative estimate of drug-likeness (QED) is 0.660. The van der Waals surface area contributed by atoms with E-state index in [9.17, 15) is 19.8 Å². The number of carbonyl (C=O) groups is 2. The number of carbonyl (C=O) groups excluding carboxylic acids is 2. The average molecular weight is 483 g/mol. The van der Waals surface area contributed by atoms with Crippen molar-refractivity contribution < 1.29 is 28.9 Å². The zero-order valence-corrected chi connectivity index (χ0v) is 20.7. The molecule has 0 saturated heterocycles. The first-order chi connectivity index (χ1) is 16.5. The van der Waals surface area contributed by atoms with Crippen LogP contribution in [0.4, 0.5) is 4.39 Å². The summed E-state index contributed by atoms with van der Waals surface area (Å²) in [6.07, 6.45) is 4.65. The maximum absolute atomic E-state index is 17.2. The minimum Gasteiger partial charge on any atom is -0.390 e. The lowest BCUT2D eigenvalue weighted by Crippen LogP contribution is -2.69. The van der Waals surface area contributed by atoms with Crippen LogP contribution in [0.25, 0.3) is 0 Å². The van der Waals surface area contributed by atoms with Gasteiger partial charge >= 0.3 is 0 Å². The molecular formula is C29H35FO5. The Labute approximate surface area is 206 Å². The maximum Gasteiger partial charge on any atom is 0.190 e. The molecule has 1 aromatic rings. The fraction of sp³-hybridized carbons (Fsp3) is 0.586. The average Bonchev–Trinajstić information content (AvgIpc) is 3.02. The molecule has 3 fully saturated rings. The highest BCUT2D eigenvalue weighted by Gasteiger charge is 2.75. The highest BCUT2D eigenvalue weighted by atomic mass is 19.1. The van der Waals surface area contributed by atoms with Crippen LogP contribution in [0.15, 0.2) is 54.1 Å². The van der Waals surface area contributed by atoms with Crippen LogP contribution in [-0.4, -0.2) is 45.8 Å². The minimum absolute atomic E-state index is 0.0272. The van der Waals surface area contributed by atoms with E-state index in [0.29, 0.717) is 19.3 Å². The maximum atomic E-state index is 17.2. The van der Waals surface area contributed by atoms with E-state index in [1.54, 1.807) is 13.0 Å². The zero-order chi connectivity index (χ0) is 25.2. The fourth-order valence-electron chi connectivity index (χ4n) is 8.09. The van der Waals surface area contributed by atoms with Gasteiger partial charge in [-0.3, -0.25) is 9.59 Å². The zero-order valence-electron chi connectivity index (χ0n) is 20.7. The van der Waals surface area contributed by atoms with Crippen molar-refractivity contribution in [2.24, 2.45) is 28.6 Å². The molecule has 8 atom stereocenters. The van der Waals surface area contributed by atoms with Crippen LogP contribution >= 0.6 is 0 Å². The van der Waals surface area contributed by atoms with E-state index in [1.807, 2.05) is 44.2 Å². The van der Waals surface area contributed by atoms with Crippen LogP contribution < -0.4 is 0 Å². The first-order valence-electron chi connectivity index (χ1n) is 12.7. The second-order valence-corrected chi connectivity index (χ2v) is 11.6. The standard InChI is InChI=1S/C29H35FO5/c1-18-13-23-22-10-9-20-14-21(31)11-12-26(20,2)28(22,30)24(32)15-27(23,3)29(18,34)25(33)17-35-16-19-7-5-4-6-8-19/h4-8,11-12,14,18,22-24,32,34H,9-10,13,15-17H2,1-3H3/t18-,22+,23+,24+,26+,27+,28+,29+/m1/s1. The summed E-state index contributed by atoms with van der Waals surface area (Å²) in [5, 5.41) is 23.4. The molecule has 0 aromatic heterocycles. The van der Waals surface area contributed by atoms with Crippen molar-refractivity contribution in [2.75, 3.05) is 6.61 Å². The van der Waals surface area contributed by atoms with Gasteiger partial charge in [0.1, 0.15) is 12.2 Å². The third-order valence-electron chi connectivity index (χ3n) is 9.99. The molecule has 2 N–H and O–H groups in total. The molecule has 0 amide bonds. The van der Waals surface area contributed by atoms with Crippen LogP contribution in [0.3, 0.4) is 0 Å². The minimum atomic E-state index is -1.98. The van der Waals surface area contributed by atoms with Crippen LogP contribution in [0, 0.1) is 28.6 Å². The number of fused-ring (bicyclic) bond motifs is 5. The number of ether oxygens (including phenoxy) is 1. The molecule has 6 heteroatoms. The van der Waals surface area contributed by atoms with Crippen molar-refractivity contribution in [1.29, 1.82) is 0 Å². The number of hydrogen-bond acceptors (Lipinski definition) is 5. The van der Waals surface area contributed by atoms with Crippen molar-refractivity contribution in [1.82, 2.24) is 0 Å². The summed E-state index contributed by atoms with van der Waals surface area (Å²) in [7, 11) is 0. The van der Waals surface area contributed by atoms with Crippen LogP contribution in [0.2, 0.25) is 0 Å². The number of benzene rings is 1. The molecule has 5 rings (SSSR count). The summed E-state index contributed by atoms with van der Waals surface area (Å²) in [6, 6.07) is 9.52. The molecule has 0 bridgehead atoms. The number of hydrogen-bond donors (Lipinski definition) is 2. The molecule has 1 aromatic carbocycles. The Morgan fingerprint density at radius 3 is 2.63 bits per heavy atom. The summed E-state index contributed by atoms with van der Waals surface area (Å²) < 4.78 is 22.9.